The van der Waals surface area contributed by atoms with Gasteiger partial charge in [0.15, 0.2) is 6.61 Å². The van der Waals surface area contributed by atoms with Gasteiger partial charge in [-0.3, -0.25) is 4.79 Å². The second-order valence-corrected chi connectivity index (χ2v) is 7.06. The highest BCUT2D eigenvalue weighted by Crippen LogP contribution is 2.21. The van der Waals surface area contributed by atoms with E-state index in [-0.39, 0.29) is 12.5 Å². The van der Waals surface area contributed by atoms with E-state index in [1.54, 1.807) is 18.1 Å². The molecule has 0 aliphatic rings. The molecule has 0 atom stereocenters. The topological polar surface area (TPSA) is 54.8 Å². The van der Waals surface area contributed by atoms with Crippen molar-refractivity contribution in [3.05, 3.63) is 65.9 Å². The number of carbonyl (C=O) groups is 2. The lowest BCUT2D eigenvalue weighted by atomic mass is 10.2. The van der Waals surface area contributed by atoms with E-state index in [0.717, 1.165) is 22.2 Å². The van der Waals surface area contributed by atoms with Gasteiger partial charge in [0.2, 0.25) is 0 Å². The minimum Gasteiger partial charge on any atom is -0.452 e. The van der Waals surface area contributed by atoms with Crippen LogP contribution in [0.3, 0.4) is 0 Å². The van der Waals surface area contributed by atoms with E-state index in [9.17, 15) is 9.59 Å². The van der Waals surface area contributed by atoms with E-state index in [2.05, 4.69) is 0 Å². The van der Waals surface area contributed by atoms with Crippen molar-refractivity contribution in [2.75, 3.05) is 32.6 Å². The summed E-state index contributed by atoms with van der Waals surface area (Å²) in [6, 6.07) is 15.6. The number of ether oxygens (including phenoxy) is 1. The van der Waals surface area contributed by atoms with Gasteiger partial charge < -0.3 is 19.1 Å². The zero-order valence-electron chi connectivity index (χ0n) is 16.7. The zero-order valence-corrected chi connectivity index (χ0v) is 16.7. The summed E-state index contributed by atoms with van der Waals surface area (Å²) in [6.45, 7) is 0.173. The number of hydrogen-bond donors (Lipinski definition) is 0. The van der Waals surface area contributed by atoms with Gasteiger partial charge in [0.05, 0.1) is 5.56 Å². The Hall–Kier alpha value is -3.28. The average Bonchev–Trinajstić information content (AvgIpc) is 3.03. The number of carbonyl (C=O) groups excluding carboxylic acids is 2. The van der Waals surface area contributed by atoms with Crippen LogP contribution >= 0.6 is 0 Å². The van der Waals surface area contributed by atoms with Gasteiger partial charge >= 0.3 is 5.97 Å². The van der Waals surface area contributed by atoms with Crippen molar-refractivity contribution in [1.82, 2.24) is 9.47 Å². The third-order valence-corrected chi connectivity index (χ3v) is 4.74. The van der Waals surface area contributed by atoms with Gasteiger partial charge in [0, 0.05) is 57.5 Å². The number of esters is 1. The van der Waals surface area contributed by atoms with Gasteiger partial charge in [0.25, 0.3) is 5.91 Å². The van der Waals surface area contributed by atoms with Crippen LogP contribution in [0.5, 0.6) is 0 Å². The Morgan fingerprint density at radius 2 is 1.68 bits per heavy atom. The Morgan fingerprint density at radius 1 is 1.00 bits per heavy atom. The van der Waals surface area contributed by atoms with Crippen LogP contribution in [0.4, 0.5) is 5.69 Å². The number of nitrogens with zero attached hydrogens (tertiary/aromatic N) is 3. The van der Waals surface area contributed by atoms with Gasteiger partial charge in [-0.25, -0.2) is 4.79 Å². The highest BCUT2D eigenvalue weighted by atomic mass is 16.5. The summed E-state index contributed by atoms with van der Waals surface area (Å²) < 4.78 is 7.14. The van der Waals surface area contributed by atoms with Crippen LogP contribution in [-0.4, -0.2) is 49.1 Å². The van der Waals surface area contributed by atoms with Crippen LogP contribution < -0.4 is 4.90 Å². The summed E-state index contributed by atoms with van der Waals surface area (Å²) in [4.78, 5) is 28.4. The number of anilines is 1. The number of hydrogen-bond acceptors (Lipinski definition) is 4. The summed E-state index contributed by atoms with van der Waals surface area (Å²) >= 11 is 0. The standard InChI is InChI=1S/C22H25N3O3/c1-23(2)17-11-9-16(10-12-17)13-25(4)21(26)15-28-22(27)19-14-24(3)20-8-6-5-7-18(19)20/h5-12,14H,13,15H2,1-4H3. The van der Waals surface area contributed by atoms with Crippen LogP contribution in [-0.2, 0) is 23.1 Å². The smallest absolute Gasteiger partial charge is 0.340 e. The SMILES string of the molecule is CN(Cc1ccc(N(C)C)cc1)C(=O)COC(=O)c1cn(C)c2ccccc12. The summed E-state index contributed by atoms with van der Waals surface area (Å²) in [5, 5.41) is 0.816. The molecule has 2 aromatic carbocycles. The van der Waals surface area contributed by atoms with Crippen molar-refractivity contribution in [2.24, 2.45) is 7.05 Å². The van der Waals surface area contributed by atoms with E-state index in [1.165, 1.54) is 0 Å². The van der Waals surface area contributed by atoms with Gasteiger partial charge in [-0.1, -0.05) is 30.3 Å². The molecule has 1 heterocycles. The molecule has 146 valence electrons. The maximum atomic E-state index is 12.4. The lowest BCUT2D eigenvalue weighted by molar-refractivity contribution is -0.133. The number of likely N-dealkylation sites (N-methyl/N-ethyl adjacent to an activating group) is 1. The molecule has 0 radical (unpaired) electrons. The molecule has 28 heavy (non-hydrogen) atoms. The fraction of sp³-hybridized carbons (Fsp3) is 0.273. The zero-order chi connectivity index (χ0) is 20.3. The molecule has 3 rings (SSSR count). The normalized spacial score (nSPS) is 10.7. The number of aryl methyl sites for hydroxylation is 1. The van der Waals surface area contributed by atoms with Crippen LogP contribution in [0.2, 0.25) is 0 Å². The molecule has 1 aromatic heterocycles. The Morgan fingerprint density at radius 3 is 2.36 bits per heavy atom. The third kappa shape index (κ3) is 4.17. The molecule has 0 unspecified atom stereocenters. The summed E-state index contributed by atoms with van der Waals surface area (Å²) in [5.41, 5.74) is 3.52. The largest absolute Gasteiger partial charge is 0.452 e. The Labute approximate surface area is 164 Å². The highest BCUT2D eigenvalue weighted by molar-refractivity contribution is 6.04. The van der Waals surface area contributed by atoms with Crippen molar-refractivity contribution in [1.29, 1.82) is 0 Å². The average molecular weight is 379 g/mol. The predicted molar refractivity (Wildman–Crippen MR) is 110 cm³/mol. The number of fused-ring (bicyclic) bond motifs is 1. The van der Waals surface area contributed by atoms with Gasteiger partial charge in [-0.15, -0.1) is 0 Å². The fourth-order valence-corrected chi connectivity index (χ4v) is 3.08. The van der Waals surface area contributed by atoms with Crippen molar-refractivity contribution >= 4 is 28.5 Å². The van der Waals surface area contributed by atoms with Gasteiger partial charge in [-0.2, -0.15) is 0 Å². The first-order valence-electron chi connectivity index (χ1n) is 9.08. The summed E-state index contributed by atoms with van der Waals surface area (Å²) in [7, 11) is 7.54. The molecule has 3 aromatic rings. The van der Waals surface area contributed by atoms with Crippen LogP contribution in [0.25, 0.3) is 10.9 Å². The summed E-state index contributed by atoms with van der Waals surface area (Å²) in [6.07, 6.45) is 1.73. The minimum atomic E-state index is -0.492. The quantitative estimate of drug-likeness (QED) is 0.618. The molecular formula is C22H25N3O3. The second-order valence-electron chi connectivity index (χ2n) is 7.06. The number of rotatable bonds is 6. The molecule has 0 saturated heterocycles. The lowest BCUT2D eigenvalue weighted by Crippen LogP contribution is -2.30. The first-order valence-corrected chi connectivity index (χ1v) is 9.08. The van der Waals surface area contributed by atoms with E-state index < -0.39 is 5.97 Å². The molecule has 0 aliphatic carbocycles. The maximum Gasteiger partial charge on any atom is 0.340 e. The number of para-hydroxylation sites is 1. The molecule has 0 saturated carbocycles. The van der Waals surface area contributed by atoms with Crippen molar-refractivity contribution in [3.8, 4) is 0 Å². The van der Waals surface area contributed by atoms with Crippen LogP contribution in [0, 0.1) is 0 Å². The second kappa shape index (κ2) is 8.17. The Balaban J connectivity index is 1.59. The monoisotopic (exact) mass is 379 g/mol. The molecule has 1 amide bonds. The molecule has 0 bridgehead atoms. The molecule has 6 heteroatoms. The van der Waals surface area contributed by atoms with Crippen LogP contribution in [0.1, 0.15) is 15.9 Å². The van der Waals surface area contributed by atoms with E-state index in [4.69, 9.17) is 4.74 Å². The van der Waals surface area contributed by atoms with Crippen molar-refractivity contribution in [3.63, 3.8) is 0 Å². The third-order valence-electron chi connectivity index (χ3n) is 4.74. The number of amides is 1. The molecular weight excluding hydrogens is 354 g/mol. The van der Waals surface area contributed by atoms with Crippen molar-refractivity contribution < 1.29 is 14.3 Å². The minimum absolute atomic E-state index is 0.245. The molecule has 0 fully saturated rings. The Bertz CT molecular complexity index is 990. The molecule has 6 nitrogen and oxygen atoms in total. The van der Waals surface area contributed by atoms with E-state index in [1.807, 2.05) is 79.1 Å². The number of benzene rings is 2. The molecule has 0 aliphatic heterocycles. The van der Waals surface area contributed by atoms with Crippen molar-refractivity contribution in [2.45, 2.75) is 6.54 Å². The van der Waals surface area contributed by atoms with Gasteiger partial charge in [0.1, 0.15) is 0 Å². The fourth-order valence-electron chi connectivity index (χ4n) is 3.08. The lowest BCUT2D eigenvalue weighted by Gasteiger charge is -2.18. The first kappa shape index (κ1) is 19.5. The molecule has 0 spiro atoms. The summed E-state index contributed by atoms with van der Waals surface area (Å²) in [5.74, 6) is -0.737. The highest BCUT2D eigenvalue weighted by Gasteiger charge is 2.17. The maximum absolute atomic E-state index is 12.4. The molecule has 0 N–H and O–H groups in total. The van der Waals surface area contributed by atoms with E-state index >= 15 is 0 Å². The predicted octanol–water partition coefficient (Wildman–Crippen LogP) is 3.06. The first-order chi connectivity index (χ1) is 13.4. The van der Waals surface area contributed by atoms with Gasteiger partial charge in [-0.05, 0) is 23.8 Å². The van der Waals surface area contributed by atoms with E-state index in [0.29, 0.717) is 12.1 Å². The Kier molecular flexibility index (Phi) is 5.68. The number of aromatic nitrogens is 1. The van der Waals surface area contributed by atoms with Crippen LogP contribution in [0.15, 0.2) is 54.7 Å².